The molecule has 0 aromatic heterocycles. The summed E-state index contributed by atoms with van der Waals surface area (Å²) in [6, 6.07) is 8.51. The second-order valence-corrected chi connectivity index (χ2v) is 4.32. The van der Waals surface area contributed by atoms with Gasteiger partial charge in [-0.15, -0.1) is 0 Å². The first-order chi connectivity index (χ1) is 9.11. The van der Waals surface area contributed by atoms with Crippen molar-refractivity contribution in [2.75, 3.05) is 0 Å². The van der Waals surface area contributed by atoms with E-state index in [2.05, 4.69) is 0 Å². The quantitative estimate of drug-likeness (QED) is 0.928. The minimum atomic E-state index is -0.922. The van der Waals surface area contributed by atoms with Crippen LogP contribution in [-0.2, 0) is 13.2 Å². The molecule has 0 heterocycles. The maximum atomic E-state index is 13.0. The Kier molecular flexibility index (Phi) is 4.35. The average Bonchev–Trinajstić information content (AvgIpc) is 2.40. The topological polar surface area (TPSA) is 29.5 Å². The standard InChI is InChI=1S/C14H11ClF2O2/c15-11-2-1-3-14(10(11)7-18)19-8-9-4-5-12(16)13(17)6-9/h1-6,18H,7-8H2. The van der Waals surface area contributed by atoms with Gasteiger partial charge in [-0.05, 0) is 29.8 Å². The van der Waals surface area contributed by atoms with E-state index in [1.807, 2.05) is 0 Å². The van der Waals surface area contributed by atoms with Crippen molar-refractivity contribution in [3.63, 3.8) is 0 Å². The second kappa shape index (κ2) is 5.99. The van der Waals surface area contributed by atoms with E-state index in [1.54, 1.807) is 18.2 Å². The van der Waals surface area contributed by atoms with Crippen LogP contribution in [0.5, 0.6) is 5.75 Å². The molecule has 2 nitrogen and oxygen atoms in total. The van der Waals surface area contributed by atoms with E-state index in [0.29, 0.717) is 21.9 Å². The second-order valence-electron chi connectivity index (χ2n) is 3.91. The van der Waals surface area contributed by atoms with Gasteiger partial charge in [-0.1, -0.05) is 23.7 Å². The summed E-state index contributed by atoms with van der Waals surface area (Å²) >= 11 is 5.91. The molecule has 100 valence electrons. The van der Waals surface area contributed by atoms with E-state index in [0.717, 1.165) is 12.1 Å². The third-order valence-electron chi connectivity index (χ3n) is 2.61. The first kappa shape index (κ1) is 13.8. The minimum Gasteiger partial charge on any atom is -0.488 e. The Morgan fingerprint density at radius 3 is 2.58 bits per heavy atom. The van der Waals surface area contributed by atoms with Crippen LogP contribution < -0.4 is 4.74 Å². The van der Waals surface area contributed by atoms with Crippen molar-refractivity contribution in [2.45, 2.75) is 13.2 Å². The number of hydrogen-bond donors (Lipinski definition) is 1. The number of ether oxygens (including phenoxy) is 1. The van der Waals surface area contributed by atoms with Gasteiger partial charge in [0.15, 0.2) is 11.6 Å². The highest BCUT2D eigenvalue weighted by Gasteiger charge is 2.08. The van der Waals surface area contributed by atoms with Crippen molar-refractivity contribution in [1.82, 2.24) is 0 Å². The van der Waals surface area contributed by atoms with Crippen molar-refractivity contribution in [2.24, 2.45) is 0 Å². The molecular weight excluding hydrogens is 274 g/mol. The van der Waals surface area contributed by atoms with E-state index < -0.39 is 11.6 Å². The van der Waals surface area contributed by atoms with Crippen LogP contribution in [0.1, 0.15) is 11.1 Å². The largest absolute Gasteiger partial charge is 0.488 e. The molecule has 1 N–H and O–H groups in total. The molecule has 0 aliphatic heterocycles. The average molecular weight is 285 g/mol. The Hall–Kier alpha value is -1.65. The Morgan fingerprint density at radius 1 is 1.11 bits per heavy atom. The highest BCUT2D eigenvalue weighted by Crippen LogP contribution is 2.27. The predicted octanol–water partition coefficient (Wildman–Crippen LogP) is 3.69. The van der Waals surface area contributed by atoms with Gasteiger partial charge in [0.25, 0.3) is 0 Å². The fourth-order valence-corrected chi connectivity index (χ4v) is 1.84. The first-order valence-electron chi connectivity index (χ1n) is 5.57. The van der Waals surface area contributed by atoms with Gasteiger partial charge in [-0.2, -0.15) is 0 Å². The molecule has 0 fully saturated rings. The van der Waals surface area contributed by atoms with E-state index in [4.69, 9.17) is 16.3 Å². The highest BCUT2D eigenvalue weighted by molar-refractivity contribution is 6.31. The molecular formula is C14H11ClF2O2. The van der Waals surface area contributed by atoms with Gasteiger partial charge in [-0.25, -0.2) is 8.78 Å². The summed E-state index contributed by atoms with van der Waals surface area (Å²) in [6.07, 6.45) is 0. The Labute approximate surface area is 114 Å². The van der Waals surface area contributed by atoms with Gasteiger partial charge < -0.3 is 9.84 Å². The number of aliphatic hydroxyl groups excluding tert-OH is 1. The fraction of sp³-hybridized carbons (Fsp3) is 0.143. The maximum Gasteiger partial charge on any atom is 0.159 e. The van der Waals surface area contributed by atoms with Crippen LogP contribution in [0.25, 0.3) is 0 Å². The van der Waals surface area contributed by atoms with Gasteiger partial charge in [0.1, 0.15) is 12.4 Å². The molecule has 0 aliphatic rings. The molecule has 2 aromatic rings. The monoisotopic (exact) mass is 284 g/mol. The summed E-state index contributed by atoms with van der Waals surface area (Å²) < 4.78 is 31.2. The number of rotatable bonds is 4. The lowest BCUT2D eigenvalue weighted by molar-refractivity contribution is 0.259. The predicted molar refractivity (Wildman–Crippen MR) is 68.1 cm³/mol. The van der Waals surface area contributed by atoms with Crippen molar-refractivity contribution in [3.05, 3.63) is 64.2 Å². The molecule has 2 rings (SSSR count). The molecule has 2 aromatic carbocycles. The molecule has 0 unspecified atom stereocenters. The van der Waals surface area contributed by atoms with E-state index >= 15 is 0 Å². The zero-order valence-corrected chi connectivity index (χ0v) is 10.6. The summed E-state index contributed by atoms with van der Waals surface area (Å²) in [6.45, 7) is -0.197. The third-order valence-corrected chi connectivity index (χ3v) is 2.97. The fourth-order valence-electron chi connectivity index (χ4n) is 1.62. The Morgan fingerprint density at radius 2 is 1.89 bits per heavy atom. The maximum absolute atomic E-state index is 13.0. The summed E-state index contributed by atoms with van der Waals surface area (Å²) in [5.74, 6) is -1.41. The lowest BCUT2D eigenvalue weighted by Crippen LogP contribution is -2.00. The van der Waals surface area contributed by atoms with Crippen LogP contribution in [-0.4, -0.2) is 5.11 Å². The molecule has 0 bridgehead atoms. The molecule has 19 heavy (non-hydrogen) atoms. The van der Waals surface area contributed by atoms with Crippen LogP contribution in [0.4, 0.5) is 8.78 Å². The van der Waals surface area contributed by atoms with Gasteiger partial charge in [0.05, 0.1) is 6.61 Å². The van der Waals surface area contributed by atoms with Crippen LogP contribution in [0.2, 0.25) is 5.02 Å². The smallest absolute Gasteiger partial charge is 0.159 e. The lowest BCUT2D eigenvalue weighted by Gasteiger charge is -2.11. The molecule has 0 amide bonds. The lowest BCUT2D eigenvalue weighted by atomic mass is 10.2. The van der Waals surface area contributed by atoms with E-state index in [-0.39, 0.29) is 13.2 Å². The van der Waals surface area contributed by atoms with Crippen molar-refractivity contribution >= 4 is 11.6 Å². The summed E-state index contributed by atoms with van der Waals surface area (Å²) in [5.41, 5.74) is 0.953. The SMILES string of the molecule is OCc1c(Cl)cccc1OCc1ccc(F)c(F)c1. The summed E-state index contributed by atoms with van der Waals surface area (Å²) in [7, 11) is 0. The van der Waals surface area contributed by atoms with E-state index in [1.165, 1.54) is 6.07 Å². The summed E-state index contributed by atoms with van der Waals surface area (Å²) in [5, 5.41) is 9.60. The number of halogens is 3. The van der Waals surface area contributed by atoms with Crippen LogP contribution >= 0.6 is 11.6 Å². The molecule has 0 spiro atoms. The van der Waals surface area contributed by atoms with E-state index in [9.17, 15) is 13.9 Å². The first-order valence-corrected chi connectivity index (χ1v) is 5.94. The van der Waals surface area contributed by atoms with Gasteiger partial charge >= 0.3 is 0 Å². The molecule has 5 heteroatoms. The zero-order chi connectivity index (χ0) is 13.8. The number of hydrogen-bond acceptors (Lipinski definition) is 2. The molecule has 0 saturated heterocycles. The number of benzene rings is 2. The van der Waals surface area contributed by atoms with Crippen molar-refractivity contribution < 1.29 is 18.6 Å². The van der Waals surface area contributed by atoms with Gasteiger partial charge in [0.2, 0.25) is 0 Å². The van der Waals surface area contributed by atoms with Crippen LogP contribution in [0.15, 0.2) is 36.4 Å². The molecule has 0 radical (unpaired) electrons. The van der Waals surface area contributed by atoms with Gasteiger partial charge in [0, 0.05) is 10.6 Å². The van der Waals surface area contributed by atoms with Crippen molar-refractivity contribution in [1.29, 1.82) is 0 Å². The Balaban J connectivity index is 2.14. The molecule has 0 saturated carbocycles. The third kappa shape index (κ3) is 3.22. The van der Waals surface area contributed by atoms with Crippen molar-refractivity contribution in [3.8, 4) is 5.75 Å². The zero-order valence-electron chi connectivity index (χ0n) is 9.87. The normalized spacial score (nSPS) is 10.5. The number of aliphatic hydroxyl groups is 1. The van der Waals surface area contributed by atoms with Gasteiger partial charge in [-0.3, -0.25) is 0 Å². The Bertz CT molecular complexity index is 588. The minimum absolute atomic E-state index is 0.0601. The van der Waals surface area contributed by atoms with Crippen LogP contribution in [0.3, 0.4) is 0 Å². The highest BCUT2D eigenvalue weighted by atomic mass is 35.5. The molecule has 0 atom stereocenters. The summed E-state index contributed by atoms with van der Waals surface area (Å²) in [4.78, 5) is 0. The molecule has 0 aliphatic carbocycles. The van der Waals surface area contributed by atoms with Crippen LogP contribution in [0, 0.1) is 11.6 Å².